The Morgan fingerprint density at radius 1 is 1.00 bits per heavy atom. The van der Waals surface area contributed by atoms with Crippen molar-refractivity contribution >= 4 is 11.4 Å². The van der Waals surface area contributed by atoms with Crippen molar-refractivity contribution in [1.82, 2.24) is 14.9 Å². The molecule has 0 unspecified atom stereocenters. The molecule has 4 nitrogen and oxygen atoms in total. The molecule has 2 aliphatic rings. The first-order valence-electron chi connectivity index (χ1n) is 10.3. The third-order valence-corrected chi connectivity index (χ3v) is 5.68. The van der Waals surface area contributed by atoms with Gasteiger partial charge in [-0.2, -0.15) is 0 Å². The minimum Gasteiger partial charge on any atom is -0.383 e. The highest BCUT2D eigenvalue weighted by Gasteiger charge is 2.24. The molecule has 1 aromatic heterocycles. The zero-order valence-electron chi connectivity index (χ0n) is 16.1. The monoisotopic (exact) mass is 342 g/mol. The largest absolute Gasteiger partial charge is 0.383 e. The quantitative estimate of drug-likeness (QED) is 0.676. The molecule has 1 saturated heterocycles. The van der Waals surface area contributed by atoms with E-state index in [9.17, 15) is 0 Å². The van der Waals surface area contributed by atoms with Gasteiger partial charge >= 0.3 is 0 Å². The molecule has 0 radical (unpaired) electrons. The van der Waals surface area contributed by atoms with Crippen molar-refractivity contribution in [1.29, 1.82) is 0 Å². The number of aromatic nitrogens is 2. The van der Waals surface area contributed by atoms with Crippen molar-refractivity contribution in [3.05, 3.63) is 22.7 Å². The number of nitrogens with zero attached hydrogens (tertiary/aromatic N) is 3. The van der Waals surface area contributed by atoms with Crippen molar-refractivity contribution in [3.63, 3.8) is 0 Å². The number of anilines is 1. The SMILES string of the molecule is CCCCc1nc(N)c2c(n1)C(CCCCCN1CCCC1)=C(C)C2. The first kappa shape index (κ1) is 18.4. The topological polar surface area (TPSA) is 55.0 Å². The lowest BCUT2D eigenvalue weighted by molar-refractivity contribution is 0.329. The number of hydrogen-bond donors (Lipinski definition) is 1. The first-order chi connectivity index (χ1) is 12.2. The van der Waals surface area contributed by atoms with Gasteiger partial charge in [-0.3, -0.25) is 0 Å². The summed E-state index contributed by atoms with van der Waals surface area (Å²) in [7, 11) is 0. The Bertz CT molecular complexity index is 615. The molecule has 4 heteroatoms. The van der Waals surface area contributed by atoms with E-state index in [2.05, 4.69) is 23.7 Å². The lowest BCUT2D eigenvalue weighted by Crippen LogP contribution is -2.20. The van der Waals surface area contributed by atoms with Crippen LogP contribution in [0.25, 0.3) is 5.57 Å². The second kappa shape index (κ2) is 8.79. The molecule has 1 aliphatic carbocycles. The van der Waals surface area contributed by atoms with Crippen LogP contribution in [0.2, 0.25) is 0 Å². The second-order valence-electron chi connectivity index (χ2n) is 7.75. The molecule has 25 heavy (non-hydrogen) atoms. The molecule has 1 aromatic rings. The second-order valence-corrected chi connectivity index (χ2v) is 7.75. The number of nitrogen functional groups attached to an aromatic ring is 1. The number of unbranched alkanes of at least 4 members (excludes halogenated alkanes) is 3. The van der Waals surface area contributed by atoms with Gasteiger partial charge in [0.15, 0.2) is 0 Å². The lowest BCUT2D eigenvalue weighted by atomic mass is 10.0. The first-order valence-corrected chi connectivity index (χ1v) is 10.3. The summed E-state index contributed by atoms with van der Waals surface area (Å²) in [5.41, 5.74) is 11.5. The van der Waals surface area contributed by atoms with Gasteiger partial charge in [-0.05, 0) is 77.1 Å². The fraction of sp³-hybridized carbons (Fsp3) is 0.714. The Balaban J connectivity index is 1.55. The third-order valence-electron chi connectivity index (χ3n) is 5.68. The number of likely N-dealkylation sites (tertiary alicyclic amines) is 1. The van der Waals surface area contributed by atoms with E-state index in [1.807, 2.05) is 0 Å². The van der Waals surface area contributed by atoms with E-state index in [0.29, 0.717) is 5.82 Å². The van der Waals surface area contributed by atoms with Crippen LogP contribution in [0.1, 0.15) is 82.3 Å². The van der Waals surface area contributed by atoms with E-state index in [-0.39, 0.29) is 0 Å². The van der Waals surface area contributed by atoms with E-state index >= 15 is 0 Å². The fourth-order valence-electron chi connectivity index (χ4n) is 4.15. The van der Waals surface area contributed by atoms with Gasteiger partial charge in [0.1, 0.15) is 11.6 Å². The Hall–Kier alpha value is -1.42. The van der Waals surface area contributed by atoms with E-state index < -0.39 is 0 Å². The van der Waals surface area contributed by atoms with Crippen LogP contribution in [-0.2, 0) is 12.8 Å². The van der Waals surface area contributed by atoms with Crippen LogP contribution in [0.3, 0.4) is 0 Å². The van der Waals surface area contributed by atoms with E-state index in [1.54, 1.807) is 0 Å². The molecule has 0 amide bonds. The highest BCUT2D eigenvalue weighted by atomic mass is 15.1. The number of hydrogen-bond acceptors (Lipinski definition) is 4. The van der Waals surface area contributed by atoms with Crippen molar-refractivity contribution in [2.24, 2.45) is 0 Å². The summed E-state index contributed by atoms with van der Waals surface area (Å²) < 4.78 is 0. The minimum absolute atomic E-state index is 0.708. The van der Waals surface area contributed by atoms with Gasteiger partial charge in [-0.15, -0.1) is 0 Å². The summed E-state index contributed by atoms with van der Waals surface area (Å²) in [6.45, 7) is 8.36. The van der Waals surface area contributed by atoms with Crippen LogP contribution in [0.5, 0.6) is 0 Å². The van der Waals surface area contributed by atoms with Gasteiger partial charge < -0.3 is 10.6 Å². The molecule has 2 N–H and O–H groups in total. The van der Waals surface area contributed by atoms with Gasteiger partial charge in [0, 0.05) is 12.0 Å². The smallest absolute Gasteiger partial charge is 0.131 e. The summed E-state index contributed by atoms with van der Waals surface area (Å²) >= 11 is 0. The lowest BCUT2D eigenvalue weighted by Gasteiger charge is -2.14. The normalized spacial score (nSPS) is 17.5. The molecule has 1 fully saturated rings. The molecular weight excluding hydrogens is 308 g/mol. The number of rotatable bonds is 9. The Labute approximate surface area is 152 Å². The third kappa shape index (κ3) is 4.60. The fourth-order valence-corrected chi connectivity index (χ4v) is 4.15. The Morgan fingerprint density at radius 3 is 2.56 bits per heavy atom. The summed E-state index contributed by atoms with van der Waals surface area (Å²) in [5, 5.41) is 0. The van der Waals surface area contributed by atoms with E-state index in [1.165, 1.54) is 74.9 Å². The maximum atomic E-state index is 6.23. The van der Waals surface area contributed by atoms with Gasteiger partial charge in [-0.1, -0.05) is 25.3 Å². The molecule has 138 valence electrons. The number of fused-ring (bicyclic) bond motifs is 1. The maximum Gasteiger partial charge on any atom is 0.131 e. The molecule has 3 rings (SSSR count). The van der Waals surface area contributed by atoms with E-state index in [4.69, 9.17) is 10.7 Å². The van der Waals surface area contributed by atoms with Crippen LogP contribution >= 0.6 is 0 Å². The predicted octanol–water partition coefficient (Wildman–Crippen LogP) is 4.39. The van der Waals surface area contributed by atoms with Crippen LogP contribution in [-0.4, -0.2) is 34.5 Å². The van der Waals surface area contributed by atoms with Crippen molar-refractivity contribution in [3.8, 4) is 0 Å². The van der Waals surface area contributed by atoms with Crippen molar-refractivity contribution in [2.75, 3.05) is 25.4 Å². The molecule has 1 aliphatic heterocycles. The predicted molar refractivity (Wildman–Crippen MR) is 105 cm³/mol. The molecule has 0 atom stereocenters. The summed E-state index contributed by atoms with van der Waals surface area (Å²) in [5.74, 6) is 1.64. The van der Waals surface area contributed by atoms with Gasteiger partial charge in [0.05, 0.1) is 5.69 Å². The molecule has 0 bridgehead atoms. The van der Waals surface area contributed by atoms with Crippen molar-refractivity contribution in [2.45, 2.75) is 78.1 Å². The highest BCUT2D eigenvalue weighted by Crippen LogP contribution is 2.37. The highest BCUT2D eigenvalue weighted by molar-refractivity contribution is 5.76. The van der Waals surface area contributed by atoms with Gasteiger partial charge in [-0.25, -0.2) is 9.97 Å². The molecule has 0 saturated carbocycles. The number of allylic oxidation sites excluding steroid dienone is 2. The van der Waals surface area contributed by atoms with Gasteiger partial charge in [0.25, 0.3) is 0 Å². The molecule has 0 spiro atoms. The average molecular weight is 343 g/mol. The minimum atomic E-state index is 0.708. The molecular formula is C21H34N4. The number of aryl methyl sites for hydroxylation is 1. The average Bonchev–Trinajstić information content (AvgIpc) is 3.21. The zero-order valence-corrected chi connectivity index (χ0v) is 16.1. The maximum absolute atomic E-state index is 6.23. The van der Waals surface area contributed by atoms with Crippen molar-refractivity contribution < 1.29 is 0 Å². The van der Waals surface area contributed by atoms with Crippen LogP contribution in [0.15, 0.2) is 5.57 Å². The molecule has 0 aromatic carbocycles. The van der Waals surface area contributed by atoms with E-state index in [0.717, 1.165) is 37.2 Å². The van der Waals surface area contributed by atoms with Crippen LogP contribution < -0.4 is 5.73 Å². The van der Waals surface area contributed by atoms with Crippen LogP contribution in [0, 0.1) is 0 Å². The summed E-state index contributed by atoms with van der Waals surface area (Å²) in [6.07, 6.45) is 12.0. The Kier molecular flexibility index (Phi) is 6.46. The summed E-state index contributed by atoms with van der Waals surface area (Å²) in [6, 6.07) is 0. The molecule has 2 heterocycles. The Morgan fingerprint density at radius 2 is 1.80 bits per heavy atom. The van der Waals surface area contributed by atoms with Gasteiger partial charge in [0.2, 0.25) is 0 Å². The van der Waals surface area contributed by atoms with Crippen LogP contribution in [0.4, 0.5) is 5.82 Å². The number of nitrogens with two attached hydrogens (primary N) is 1. The zero-order chi connectivity index (χ0) is 17.6. The standard InChI is InChI=1S/C21H34N4/c1-3-4-11-19-23-20-17(16(2)15-18(20)21(22)24-19)10-6-5-7-12-25-13-8-9-14-25/h3-15H2,1-2H3,(H2,22,23,24). The summed E-state index contributed by atoms with van der Waals surface area (Å²) in [4.78, 5) is 12.0.